The molecule has 0 amide bonds. The van der Waals surface area contributed by atoms with Crippen LogP contribution in [0, 0.1) is 6.92 Å². The van der Waals surface area contributed by atoms with Gasteiger partial charge in [-0.1, -0.05) is 18.2 Å². The van der Waals surface area contributed by atoms with E-state index in [2.05, 4.69) is 11.3 Å². The molecule has 5 heteroatoms. The minimum absolute atomic E-state index is 0.387. The lowest BCUT2D eigenvalue weighted by Gasteiger charge is -2.13. The molecule has 0 aliphatic carbocycles. The van der Waals surface area contributed by atoms with Crippen LogP contribution < -0.4 is 0 Å². The highest BCUT2D eigenvalue weighted by Gasteiger charge is 2.16. The Bertz CT molecular complexity index is 425. The second kappa shape index (κ2) is 5.89. The summed E-state index contributed by atoms with van der Waals surface area (Å²) in [5.41, 5.74) is 0.459. The Morgan fingerprint density at radius 2 is 2.29 bits per heavy atom. The number of esters is 1. The third-order valence-corrected chi connectivity index (χ3v) is 2.36. The van der Waals surface area contributed by atoms with Crippen molar-refractivity contribution in [2.45, 2.75) is 13.5 Å². The van der Waals surface area contributed by atoms with Gasteiger partial charge >= 0.3 is 5.97 Å². The van der Waals surface area contributed by atoms with Gasteiger partial charge in [0.1, 0.15) is 17.1 Å². The third kappa shape index (κ3) is 3.91. The molecular formula is C12H16ClNO3. The number of hydrogen-bond acceptors (Lipinski definition) is 4. The Hall–Kier alpha value is -1.26. The Morgan fingerprint density at radius 3 is 2.82 bits per heavy atom. The standard InChI is InChI=1S/C12H16ClNO3/c1-8(13)6-14(3)7-10-5-11(9(2)17-10)12(15)16-4/h5H,1,6-7H2,2-4H3. The number of methoxy groups -OCH3 is 1. The average Bonchev–Trinajstić information content (AvgIpc) is 2.56. The summed E-state index contributed by atoms with van der Waals surface area (Å²) in [5.74, 6) is 0.871. The van der Waals surface area contributed by atoms with Crippen molar-refractivity contribution in [3.05, 3.63) is 34.8 Å². The van der Waals surface area contributed by atoms with Crippen molar-refractivity contribution in [1.29, 1.82) is 0 Å². The molecule has 0 fully saturated rings. The summed E-state index contributed by atoms with van der Waals surface area (Å²) < 4.78 is 10.1. The number of rotatable bonds is 5. The van der Waals surface area contributed by atoms with E-state index >= 15 is 0 Å². The Labute approximate surface area is 106 Å². The number of carbonyl (C=O) groups excluding carboxylic acids is 1. The second-order valence-corrected chi connectivity index (χ2v) is 4.40. The highest BCUT2D eigenvalue weighted by molar-refractivity contribution is 6.29. The molecule has 1 aromatic rings. The fraction of sp³-hybridized carbons (Fsp3) is 0.417. The monoisotopic (exact) mass is 257 g/mol. The first-order valence-corrected chi connectivity index (χ1v) is 5.51. The van der Waals surface area contributed by atoms with Crippen LogP contribution in [0.5, 0.6) is 0 Å². The predicted molar refractivity (Wildman–Crippen MR) is 66.1 cm³/mol. The molecule has 0 aliphatic heterocycles. The maximum absolute atomic E-state index is 11.4. The molecule has 0 spiro atoms. The molecule has 17 heavy (non-hydrogen) atoms. The van der Waals surface area contributed by atoms with Gasteiger partial charge in [0.05, 0.1) is 13.7 Å². The first-order chi connectivity index (χ1) is 7.93. The number of halogens is 1. The van der Waals surface area contributed by atoms with Crippen LogP contribution in [0.2, 0.25) is 0 Å². The largest absolute Gasteiger partial charge is 0.465 e. The molecule has 1 heterocycles. The van der Waals surface area contributed by atoms with Gasteiger partial charge in [-0.2, -0.15) is 0 Å². The van der Waals surface area contributed by atoms with E-state index in [0.717, 1.165) is 0 Å². The van der Waals surface area contributed by atoms with Gasteiger partial charge in [-0.25, -0.2) is 4.79 Å². The molecule has 0 saturated carbocycles. The summed E-state index contributed by atoms with van der Waals surface area (Å²) in [6.45, 7) is 6.48. The summed E-state index contributed by atoms with van der Waals surface area (Å²) in [6, 6.07) is 1.69. The predicted octanol–water partition coefficient (Wildman–Crippen LogP) is 2.56. The number of likely N-dealkylation sites (N-methyl/N-ethyl adjacent to an activating group) is 1. The first kappa shape index (κ1) is 13.8. The Kier molecular flexibility index (Phi) is 4.78. The third-order valence-electron chi connectivity index (χ3n) is 2.24. The number of hydrogen-bond donors (Lipinski definition) is 0. The molecule has 1 rings (SSSR count). The van der Waals surface area contributed by atoms with E-state index in [1.807, 2.05) is 11.9 Å². The lowest BCUT2D eigenvalue weighted by Crippen LogP contribution is -2.18. The van der Waals surface area contributed by atoms with Crippen LogP contribution >= 0.6 is 11.6 Å². The molecule has 0 atom stereocenters. The molecule has 4 nitrogen and oxygen atoms in total. The average molecular weight is 258 g/mol. The van der Waals surface area contributed by atoms with Gasteiger partial charge in [-0.3, -0.25) is 4.90 Å². The fourth-order valence-electron chi connectivity index (χ4n) is 1.55. The van der Waals surface area contributed by atoms with Gasteiger partial charge in [-0.05, 0) is 20.0 Å². The van der Waals surface area contributed by atoms with Crippen LogP contribution in [0.1, 0.15) is 21.9 Å². The van der Waals surface area contributed by atoms with E-state index < -0.39 is 0 Å². The summed E-state index contributed by atoms with van der Waals surface area (Å²) >= 11 is 5.71. The summed E-state index contributed by atoms with van der Waals surface area (Å²) in [5, 5.41) is 0.559. The van der Waals surface area contributed by atoms with Crippen LogP contribution in [-0.4, -0.2) is 31.6 Å². The molecule has 0 radical (unpaired) electrons. The summed E-state index contributed by atoms with van der Waals surface area (Å²) in [4.78, 5) is 13.3. The van der Waals surface area contributed by atoms with Gasteiger partial charge in [0.15, 0.2) is 0 Å². The van der Waals surface area contributed by atoms with Crippen molar-refractivity contribution in [3.63, 3.8) is 0 Å². The quantitative estimate of drug-likeness (QED) is 0.761. The molecule has 1 aromatic heterocycles. The molecule has 0 saturated heterocycles. The van der Waals surface area contributed by atoms with E-state index in [9.17, 15) is 4.79 Å². The molecular weight excluding hydrogens is 242 g/mol. The zero-order chi connectivity index (χ0) is 13.0. The van der Waals surface area contributed by atoms with Gasteiger partial charge in [0.2, 0.25) is 0 Å². The molecule has 0 aliphatic rings. The molecule has 0 aromatic carbocycles. The molecule has 0 unspecified atom stereocenters. The van der Waals surface area contributed by atoms with E-state index in [1.165, 1.54) is 7.11 Å². The van der Waals surface area contributed by atoms with Crippen molar-refractivity contribution in [3.8, 4) is 0 Å². The van der Waals surface area contributed by atoms with E-state index in [-0.39, 0.29) is 5.97 Å². The highest BCUT2D eigenvalue weighted by Crippen LogP contribution is 2.17. The van der Waals surface area contributed by atoms with Gasteiger partial charge in [0.25, 0.3) is 0 Å². The number of carbonyl (C=O) groups is 1. The van der Waals surface area contributed by atoms with Crippen molar-refractivity contribution >= 4 is 17.6 Å². The van der Waals surface area contributed by atoms with E-state index in [4.69, 9.17) is 16.0 Å². The minimum atomic E-state index is -0.387. The fourth-order valence-corrected chi connectivity index (χ4v) is 1.75. The van der Waals surface area contributed by atoms with E-state index in [1.54, 1.807) is 13.0 Å². The minimum Gasteiger partial charge on any atom is -0.465 e. The van der Waals surface area contributed by atoms with Gasteiger partial charge in [-0.15, -0.1) is 0 Å². The van der Waals surface area contributed by atoms with Gasteiger partial charge in [0, 0.05) is 11.6 Å². The van der Waals surface area contributed by atoms with Crippen LogP contribution in [-0.2, 0) is 11.3 Å². The number of ether oxygens (including phenoxy) is 1. The summed E-state index contributed by atoms with van der Waals surface area (Å²) in [7, 11) is 3.24. The van der Waals surface area contributed by atoms with Crippen molar-refractivity contribution in [2.24, 2.45) is 0 Å². The first-order valence-electron chi connectivity index (χ1n) is 5.13. The van der Waals surface area contributed by atoms with Gasteiger partial charge < -0.3 is 9.15 Å². The topological polar surface area (TPSA) is 42.7 Å². The number of aryl methyl sites for hydroxylation is 1. The lowest BCUT2D eigenvalue weighted by atomic mass is 10.2. The second-order valence-electron chi connectivity index (χ2n) is 3.86. The summed E-state index contributed by atoms with van der Waals surface area (Å²) in [6.07, 6.45) is 0. The van der Waals surface area contributed by atoms with Crippen molar-refractivity contribution in [1.82, 2.24) is 4.90 Å². The number of nitrogens with zero attached hydrogens (tertiary/aromatic N) is 1. The van der Waals surface area contributed by atoms with Crippen LogP contribution in [0.4, 0.5) is 0 Å². The molecule has 94 valence electrons. The Morgan fingerprint density at radius 1 is 1.65 bits per heavy atom. The van der Waals surface area contributed by atoms with Crippen molar-refractivity contribution in [2.75, 3.05) is 20.7 Å². The van der Waals surface area contributed by atoms with Crippen molar-refractivity contribution < 1.29 is 13.9 Å². The molecule has 0 bridgehead atoms. The maximum atomic E-state index is 11.4. The van der Waals surface area contributed by atoms with E-state index in [0.29, 0.717) is 35.2 Å². The van der Waals surface area contributed by atoms with Crippen LogP contribution in [0.15, 0.2) is 22.1 Å². The van der Waals surface area contributed by atoms with Crippen LogP contribution in [0.25, 0.3) is 0 Å². The SMILES string of the molecule is C=C(Cl)CN(C)Cc1cc(C(=O)OC)c(C)o1. The highest BCUT2D eigenvalue weighted by atomic mass is 35.5. The number of furan rings is 1. The zero-order valence-corrected chi connectivity index (χ0v) is 11.0. The smallest absolute Gasteiger partial charge is 0.341 e. The zero-order valence-electron chi connectivity index (χ0n) is 10.2. The Balaban J connectivity index is 2.73. The maximum Gasteiger partial charge on any atom is 0.341 e. The van der Waals surface area contributed by atoms with Crippen LogP contribution in [0.3, 0.4) is 0 Å². The lowest BCUT2D eigenvalue weighted by molar-refractivity contribution is 0.0599. The normalized spacial score (nSPS) is 10.6. The molecule has 0 N–H and O–H groups in total.